The molecule has 0 radical (unpaired) electrons. The number of aryl methyl sites for hydroxylation is 1. The number of hydrogen-bond acceptors (Lipinski definition) is 2. The predicted molar refractivity (Wildman–Crippen MR) is 44.7 cm³/mol. The average molecular weight is 146 g/mol. The van der Waals surface area contributed by atoms with Crippen molar-refractivity contribution in [3.63, 3.8) is 0 Å². The second-order valence-electron chi connectivity index (χ2n) is 2.38. The highest BCUT2D eigenvalue weighted by Gasteiger charge is 2.03. The minimum atomic E-state index is -0.330. The normalized spacial score (nSPS) is 12.1. The molecule has 0 spiro atoms. The van der Waals surface area contributed by atoms with E-state index in [0.29, 0.717) is 0 Å². The lowest BCUT2D eigenvalue weighted by Gasteiger charge is -2.06. The average Bonchev–Trinajstić information content (AvgIpc) is 2.04. The number of nitrogens with two attached hydrogens (primary N) is 1. The quantitative estimate of drug-likeness (QED) is 0.601. The van der Waals surface area contributed by atoms with Crippen molar-refractivity contribution in [2.24, 2.45) is 5.73 Å². The molecule has 0 bridgehead atoms. The first-order valence-electron chi connectivity index (χ1n) is 3.38. The zero-order valence-electron chi connectivity index (χ0n) is 6.41. The topological polar surface area (TPSA) is 38.9 Å². The van der Waals surface area contributed by atoms with E-state index < -0.39 is 0 Å². The molecule has 0 aliphatic carbocycles. The lowest BCUT2D eigenvalue weighted by atomic mass is 10.1. The fourth-order valence-corrected chi connectivity index (χ4v) is 0.892. The third kappa shape index (κ3) is 1.57. The van der Waals surface area contributed by atoms with Crippen LogP contribution in [0.15, 0.2) is 18.5 Å². The van der Waals surface area contributed by atoms with Gasteiger partial charge in [0.2, 0.25) is 0 Å². The van der Waals surface area contributed by atoms with Crippen LogP contribution in [-0.2, 0) is 0 Å². The van der Waals surface area contributed by atoms with Gasteiger partial charge in [-0.3, -0.25) is 4.98 Å². The molecule has 1 aromatic rings. The van der Waals surface area contributed by atoms with E-state index in [9.17, 15) is 0 Å². The third-order valence-electron chi connectivity index (χ3n) is 1.59. The minimum absolute atomic E-state index is 0.330. The summed E-state index contributed by atoms with van der Waals surface area (Å²) in [5.41, 5.74) is 7.63. The summed E-state index contributed by atoms with van der Waals surface area (Å²) in [5, 5.41) is 0. The van der Waals surface area contributed by atoms with E-state index in [1.165, 1.54) is 0 Å². The molecule has 0 aliphatic rings. The minimum Gasteiger partial charge on any atom is -0.314 e. The molecular formula is C9H10N2. The summed E-state index contributed by atoms with van der Waals surface area (Å²) >= 11 is 0. The lowest BCUT2D eigenvalue weighted by Crippen LogP contribution is -2.09. The Bertz CT molecular complexity index is 286. The molecule has 0 saturated carbocycles. The molecule has 11 heavy (non-hydrogen) atoms. The molecule has 2 nitrogen and oxygen atoms in total. The molecule has 1 aromatic heterocycles. The number of hydrogen-bond donors (Lipinski definition) is 1. The van der Waals surface area contributed by atoms with Gasteiger partial charge in [0.15, 0.2) is 0 Å². The van der Waals surface area contributed by atoms with Crippen molar-refractivity contribution in [1.29, 1.82) is 0 Å². The molecule has 0 saturated heterocycles. The van der Waals surface area contributed by atoms with Crippen LogP contribution in [0.25, 0.3) is 0 Å². The van der Waals surface area contributed by atoms with Gasteiger partial charge in [-0.25, -0.2) is 0 Å². The van der Waals surface area contributed by atoms with Crippen LogP contribution in [0, 0.1) is 19.3 Å². The van der Waals surface area contributed by atoms with E-state index in [1.807, 2.05) is 13.0 Å². The first kappa shape index (κ1) is 7.77. The Balaban J connectivity index is 3.05. The van der Waals surface area contributed by atoms with Gasteiger partial charge < -0.3 is 5.73 Å². The van der Waals surface area contributed by atoms with Crippen LogP contribution >= 0.6 is 0 Å². The third-order valence-corrected chi connectivity index (χ3v) is 1.59. The number of terminal acetylenes is 1. The van der Waals surface area contributed by atoms with Gasteiger partial charge in [-0.2, -0.15) is 0 Å². The first-order valence-corrected chi connectivity index (χ1v) is 3.38. The molecule has 0 aliphatic heterocycles. The highest BCUT2D eigenvalue weighted by atomic mass is 14.7. The van der Waals surface area contributed by atoms with Gasteiger partial charge in [0.25, 0.3) is 0 Å². The van der Waals surface area contributed by atoms with E-state index in [2.05, 4.69) is 10.9 Å². The smallest absolute Gasteiger partial charge is 0.0935 e. The monoisotopic (exact) mass is 146 g/mol. The Morgan fingerprint density at radius 1 is 1.73 bits per heavy atom. The second-order valence-corrected chi connectivity index (χ2v) is 2.38. The summed E-state index contributed by atoms with van der Waals surface area (Å²) < 4.78 is 0. The highest BCUT2D eigenvalue weighted by molar-refractivity contribution is 5.29. The summed E-state index contributed by atoms with van der Waals surface area (Å²) in [6.07, 6.45) is 8.60. The standard InChI is InChI=1S/C9H10N2/c1-3-9(10)8-6-11-5-4-7(8)2/h1,4-6,9H,10H2,2H3. The van der Waals surface area contributed by atoms with Crippen molar-refractivity contribution in [3.8, 4) is 12.3 Å². The Morgan fingerprint density at radius 2 is 2.45 bits per heavy atom. The molecule has 2 heteroatoms. The molecule has 0 fully saturated rings. The molecule has 0 aromatic carbocycles. The molecule has 56 valence electrons. The Kier molecular flexibility index (Phi) is 2.25. The van der Waals surface area contributed by atoms with Gasteiger partial charge in [-0.05, 0) is 18.6 Å². The van der Waals surface area contributed by atoms with E-state index in [1.54, 1.807) is 12.4 Å². The second kappa shape index (κ2) is 3.18. The van der Waals surface area contributed by atoms with Crippen molar-refractivity contribution in [2.75, 3.05) is 0 Å². The van der Waals surface area contributed by atoms with Crippen LogP contribution in [0.2, 0.25) is 0 Å². The molecular weight excluding hydrogens is 136 g/mol. The maximum absolute atomic E-state index is 5.62. The first-order chi connectivity index (χ1) is 5.25. The fourth-order valence-electron chi connectivity index (χ4n) is 0.892. The van der Waals surface area contributed by atoms with Gasteiger partial charge in [0, 0.05) is 18.0 Å². The highest BCUT2D eigenvalue weighted by Crippen LogP contribution is 2.11. The molecule has 1 heterocycles. The summed E-state index contributed by atoms with van der Waals surface area (Å²) in [7, 11) is 0. The van der Waals surface area contributed by atoms with Crippen molar-refractivity contribution < 1.29 is 0 Å². The SMILES string of the molecule is C#CC(N)c1cnccc1C. The lowest BCUT2D eigenvalue weighted by molar-refractivity contribution is 0.919. The van der Waals surface area contributed by atoms with E-state index in [-0.39, 0.29) is 6.04 Å². The Morgan fingerprint density at radius 3 is 3.00 bits per heavy atom. The van der Waals surface area contributed by atoms with E-state index >= 15 is 0 Å². The number of pyridine rings is 1. The zero-order chi connectivity index (χ0) is 8.27. The van der Waals surface area contributed by atoms with E-state index in [0.717, 1.165) is 11.1 Å². The van der Waals surface area contributed by atoms with E-state index in [4.69, 9.17) is 12.2 Å². The van der Waals surface area contributed by atoms with Gasteiger partial charge in [0.1, 0.15) is 0 Å². The van der Waals surface area contributed by atoms with Crippen LogP contribution < -0.4 is 5.73 Å². The summed E-state index contributed by atoms with van der Waals surface area (Å²) in [4.78, 5) is 3.94. The molecule has 0 amide bonds. The Labute approximate surface area is 66.4 Å². The summed E-state index contributed by atoms with van der Waals surface area (Å²) in [5.74, 6) is 2.46. The molecule has 1 rings (SSSR count). The van der Waals surface area contributed by atoms with Gasteiger partial charge in [-0.1, -0.05) is 5.92 Å². The number of nitrogens with zero attached hydrogens (tertiary/aromatic N) is 1. The van der Waals surface area contributed by atoms with Crippen molar-refractivity contribution in [1.82, 2.24) is 4.98 Å². The van der Waals surface area contributed by atoms with Gasteiger partial charge in [-0.15, -0.1) is 6.42 Å². The van der Waals surface area contributed by atoms with Gasteiger partial charge in [0.05, 0.1) is 6.04 Å². The van der Waals surface area contributed by atoms with Crippen molar-refractivity contribution in [3.05, 3.63) is 29.6 Å². The summed E-state index contributed by atoms with van der Waals surface area (Å²) in [6.45, 7) is 1.97. The van der Waals surface area contributed by atoms with Crippen LogP contribution in [-0.4, -0.2) is 4.98 Å². The van der Waals surface area contributed by atoms with Crippen LogP contribution in [0.5, 0.6) is 0 Å². The van der Waals surface area contributed by atoms with Crippen LogP contribution in [0.3, 0.4) is 0 Å². The number of aromatic nitrogens is 1. The van der Waals surface area contributed by atoms with Gasteiger partial charge >= 0.3 is 0 Å². The zero-order valence-corrected chi connectivity index (χ0v) is 6.41. The maximum Gasteiger partial charge on any atom is 0.0935 e. The largest absolute Gasteiger partial charge is 0.314 e. The summed E-state index contributed by atoms with van der Waals surface area (Å²) in [6, 6.07) is 1.57. The van der Waals surface area contributed by atoms with Crippen molar-refractivity contribution >= 4 is 0 Å². The van der Waals surface area contributed by atoms with Crippen LogP contribution in [0.4, 0.5) is 0 Å². The molecule has 1 atom stereocenters. The van der Waals surface area contributed by atoms with Crippen LogP contribution in [0.1, 0.15) is 17.2 Å². The molecule has 1 unspecified atom stereocenters. The Hall–Kier alpha value is -1.33. The fraction of sp³-hybridized carbons (Fsp3) is 0.222. The number of rotatable bonds is 1. The van der Waals surface area contributed by atoms with Crippen molar-refractivity contribution in [2.45, 2.75) is 13.0 Å². The molecule has 2 N–H and O–H groups in total. The predicted octanol–water partition coefficient (Wildman–Crippen LogP) is 1.02. The maximum atomic E-state index is 5.62.